The second kappa shape index (κ2) is 9.11. The summed E-state index contributed by atoms with van der Waals surface area (Å²) in [6.45, 7) is 1.34. The van der Waals surface area contributed by atoms with Gasteiger partial charge in [-0.15, -0.1) is 0 Å². The lowest BCUT2D eigenvalue weighted by Gasteiger charge is -2.30. The van der Waals surface area contributed by atoms with Gasteiger partial charge in [-0.1, -0.05) is 0 Å². The number of aromatic nitrogens is 8. The molecule has 2 aliphatic heterocycles. The van der Waals surface area contributed by atoms with Crippen LogP contribution in [-0.2, 0) is 32.9 Å². The first kappa shape index (κ1) is 25.9. The van der Waals surface area contributed by atoms with Gasteiger partial charge in [0.05, 0.1) is 70.9 Å². The molecule has 0 aliphatic carbocycles. The van der Waals surface area contributed by atoms with Crippen LogP contribution in [0.1, 0.15) is 18.4 Å². The van der Waals surface area contributed by atoms with Crippen molar-refractivity contribution in [2.75, 3.05) is 18.1 Å². The average molecular weight is 586 g/mol. The predicted octanol–water partition coefficient (Wildman–Crippen LogP) is 3.93. The van der Waals surface area contributed by atoms with Gasteiger partial charge in [0.15, 0.2) is 5.82 Å². The fraction of sp³-hybridized carbons (Fsp3) is 0.333. The maximum absolute atomic E-state index is 14.7. The van der Waals surface area contributed by atoms with Gasteiger partial charge < -0.3 is 14.2 Å². The second-order valence-electron chi connectivity index (χ2n) is 11.5. The SMILES string of the molecule is Cn1cc(-c2cc3nc(-c4cncn4C)n(-c4cc(N5CC6C[C@H]5CO6)c5c(c4)n(C)c(=O)n5C)c3cc2C(F)F)cn1. The number of fused-ring (bicyclic) bond motifs is 4. The molecule has 43 heavy (non-hydrogen) atoms. The Bertz CT molecular complexity index is 2130. The fourth-order valence-corrected chi connectivity index (χ4v) is 6.79. The van der Waals surface area contributed by atoms with Crippen molar-refractivity contribution in [3.63, 3.8) is 0 Å². The smallest absolute Gasteiger partial charge is 0.328 e. The highest BCUT2D eigenvalue weighted by atomic mass is 19.3. The normalized spacial score (nSPS) is 18.3. The van der Waals surface area contributed by atoms with E-state index in [9.17, 15) is 13.6 Å². The van der Waals surface area contributed by atoms with Crippen LogP contribution in [0.4, 0.5) is 14.5 Å². The highest BCUT2D eigenvalue weighted by Gasteiger charge is 2.40. The van der Waals surface area contributed by atoms with Crippen LogP contribution in [0, 0.1) is 0 Å². The largest absolute Gasteiger partial charge is 0.374 e. The molecule has 0 spiro atoms. The minimum Gasteiger partial charge on any atom is -0.374 e. The molecule has 0 amide bonds. The van der Waals surface area contributed by atoms with E-state index in [1.165, 1.54) is 6.07 Å². The van der Waals surface area contributed by atoms with E-state index >= 15 is 0 Å². The van der Waals surface area contributed by atoms with Crippen molar-refractivity contribution in [2.24, 2.45) is 28.2 Å². The summed E-state index contributed by atoms with van der Waals surface area (Å²) in [6, 6.07) is 7.40. The van der Waals surface area contributed by atoms with Gasteiger partial charge >= 0.3 is 5.69 Å². The highest BCUT2D eigenvalue weighted by molar-refractivity contribution is 5.95. The van der Waals surface area contributed by atoms with E-state index in [2.05, 4.69) is 15.0 Å². The number of morpholine rings is 1. The van der Waals surface area contributed by atoms with Crippen LogP contribution in [0.5, 0.6) is 0 Å². The lowest BCUT2D eigenvalue weighted by molar-refractivity contribution is 0.0992. The molecular formula is C30H29F2N9O2. The van der Waals surface area contributed by atoms with Crippen molar-refractivity contribution < 1.29 is 13.5 Å². The Hall–Kier alpha value is -4.78. The first-order valence-electron chi connectivity index (χ1n) is 14.1. The maximum Gasteiger partial charge on any atom is 0.328 e. The van der Waals surface area contributed by atoms with Crippen molar-refractivity contribution in [1.29, 1.82) is 0 Å². The first-order chi connectivity index (χ1) is 20.7. The Morgan fingerprint density at radius 3 is 2.51 bits per heavy atom. The number of anilines is 1. The van der Waals surface area contributed by atoms with E-state index in [0.29, 0.717) is 40.3 Å². The quantitative estimate of drug-likeness (QED) is 0.305. The first-order valence-corrected chi connectivity index (χ1v) is 14.1. The molecular weight excluding hydrogens is 556 g/mol. The topological polar surface area (TPSA) is 92.9 Å². The van der Waals surface area contributed by atoms with Crippen LogP contribution in [0.15, 0.2) is 54.0 Å². The van der Waals surface area contributed by atoms with Gasteiger partial charge in [0.25, 0.3) is 6.43 Å². The van der Waals surface area contributed by atoms with Gasteiger partial charge in [-0.3, -0.25) is 18.4 Å². The van der Waals surface area contributed by atoms with E-state index < -0.39 is 6.43 Å². The number of rotatable bonds is 5. The van der Waals surface area contributed by atoms with Crippen LogP contribution < -0.4 is 10.6 Å². The van der Waals surface area contributed by atoms with Crippen molar-refractivity contribution in [3.8, 4) is 28.3 Å². The van der Waals surface area contributed by atoms with Gasteiger partial charge in [0, 0.05) is 52.1 Å². The standard InChI is InChI=1S/C30H29F2N9O2/c1-36-15-33-11-26(36)29-35-22-8-20(16-10-34-37(2)12-16)21(28(31)32)9-23(22)41(29)17-6-24-27(39(4)30(42)38(24)3)25(7-17)40-13-19-5-18(40)14-43-19/h6-12,15,18-19,28H,5,13-14H2,1-4H3/t18-,19?/m0/s1. The third-order valence-corrected chi connectivity index (χ3v) is 8.92. The molecule has 2 aromatic carbocycles. The second-order valence-corrected chi connectivity index (χ2v) is 11.5. The third kappa shape index (κ3) is 3.73. The molecule has 2 fully saturated rings. The third-order valence-electron chi connectivity index (χ3n) is 8.92. The Labute approximate surface area is 244 Å². The number of nitrogens with zero attached hydrogens (tertiary/aromatic N) is 9. The molecule has 8 rings (SSSR count). The summed E-state index contributed by atoms with van der Waals surface area (Å²) in [4.78, 5) is 24.8. The van der Waals surface area contributed by atoms with Crippen molar-refractivity contribution >= 4 is 27.8 Å². The molecule has 0 saturated carbocycles. The number of alkyl halides is 2. The van der Waals surface area contributed by atoms with Gasteiger partial charge in [0.1, 0.15) is 5.69 Å². The summed E-state index contributed by atoms with van der Waals surface area (Å²) in [5.41, 5.74) is 5.69. The van der Waals surface area contributed by atoms with E-state index in [1.54, 1.807) is 65.9 Å². The van der Waals surface area contributed by atoms with Crippen molar-refractivity contribution in [3.05, 3.63) is 65.2 Å². The molecule has 2 bridgehead atoms. The number of hydrogen-bond acceptors (Lipinski definition) is 6. The van der Waals surface area contributed by atoms with Crippen LogP contribution in [0.3, 0.4) is 0 Å². The molecule has 220 valence electrons. The molecule has 11 nitrogen and oxygen atoms in total. The van der Waals surface area contributed by atoms with Crippen LogP contribution >= 0.6 is 0 Å². The summed E-state index contributed by atoms with van der Waals surface area (Å²) in [6.07, 6.45) is 5.03. The van der Waals surface area contributed by atoms with E-state index in [0.717, 1.165) is 35.4 Å². The van der Waals surface area contributed by atoms with Crippen LogP contribution in [-0.4, -0.2) is 63.3 Å². The zero-order valence-electron chi connectivity index (χ0n) is 24.1. The molecule has 1 unspecified atom stereocenters. The molecule has 2 aliphatic rings. The fourth-order valence-electron chi connectivity index (χ4n) is 6.79. The van der Waals surface area contributed by atoms with Gasteiger partial charge in [-0.05, 0) is 36.2 Å². The zero-order chi connectivity index (χ0) is 29.7. The Morgan fingerprint density at radius 2 is 1.86 bits per heavy atom. The summed E-state index contributed by atoms with van der Waals surface area (Å²) in [5, 5.41) is 4.20. The lowest BCUT2D eigenvalue weighted by atomic mass is 10.0. The highest BCUT2D eigenvalue weighted by Crippen LogP contribution is 2.41. The number of aryl methyl sites for hydroxylation is 4. The minimum atomic E-state index is -2.73. The number of halogens is 2. The molecule has 0 radical (unpaired) electrons. The summed E-state index contributed by atoms with van der Waals surface area (Å²) < 4.78 is 43.8. The Morgan fingerprint density at radius 1 is 1.02 bits per heavy atom. The number of ether oxygens (including phenoxy) is 1. The summed E-state index contributed by atoms with van der Waals surface area (Å²) >= 11 is 0. The van der Waals surface area contributed by atoms with Crippen LogP contribution in [0.2, 0.25) is 0 Å². The predicted molar refractivity (Wildman–Crippen MR) is 158 cm³/mol. The molecule has 2 saturated heterocycles. The molecule has 6 aromatic rings. The lowest BCUT2D eigenvalue weighted by Crippen LogP contribution is -2.37. The monoisotopic (exact) mass is 585 g/mol. The molecule has 2 atom stereocenters. The Balaban J connectivity index is 1.45. The number of hydrogen-bond donors (Lipinski definition) is 0. The van der Waals surface area contributed by atoms with E-state index in [4.69, 9.17) is 9.72 Å². The summed E-state index contributed by atoms with van der Waals surface area (Å²) in [5.74, 6) is 0.552. The Kier molecular flexibility index (Phi) is 5.48. The maximum atomic E-state index is 14.7. The van der Waals surface area contributed by atoms with E-state index in [-0.39, 0.29) is 23.4 Å². The van der Waals surface area contributed by atoms with Crippen molar-refractivity contribution in [1.82, 2.24) is 38.0 Å². The number of imidazole rings is 3. The molecule has 6 heterocycles. The van der Waals surface area contributed by atoms with Crippen LogP contribution in [0.25, 0.3) is 50.4 Å². The average Bonchev–Trinajstić information content (AvgIpc) is 3.84. The minimum absolute atomic E-state index is 0.111. The van der Waals surface area contributed by atoms with Crippen molar-refractivity contribution in [2.45, 2.75) is 25.0 Å². The van der Waals surface area contributed by atoms with Gasteiger partial charge in [0.2, 0.25) is 0 Å². The van der Waals surface area contributed by atoms with Gasteiger partial charge in [-0.2, -0.15) is 5.10 Å². The molecule has 4 aromatic heterocycles. The van der Waals surface area contributed by atoms with E-state index in [1.807, 2.05) is 28.3 Å². The zero-order valence-corrected chi connectivity index (χ0v) is 24.1. The molecule has 0 N–H and O–H groups in total. The number of benzene rings is 2. The summed E-state index contributed by atoms with van der Waals surface area (Å²) in [7, 11) is 7.15. The molecule has 13 heteroatoms. The van der Waals surface area contributed by atoms with Gasteiger partial charge in [-0.25, -0.2) is 23.5 Å².